The van der Waals surface area contributed by atoms with Crippen molar-refractivity contribution in [1.29, 1.82) is 0 Å². The van der Waals surface area contributed by atoms with Gasteiger partial charge in [-0.2, -0.15) is 0 Å². The second kappa shape index (κ2) is 10.0. The van der Waals surface area contributed by atoms with Crippen molar-refractivity contribution in [2.45, 2.75) is 13.0 Å². The van der Waals surface area contributed by atoms with Crippen LogP contribution < -0.4 is 21.9 Å². The van der Waals surface area contributed by atoms with E-state index in [-0.39, 0.29) is 12.4 Å². The third kappa shape index (κ3) is 5.65. The highest BCUT2D eigenvalue weighted by molar-refractivity contribution is 5.54. The van der Waals surface area contributed by atoms with Crippen LogP contribution in [0.3, 0.4) is 0 Å². The fourth-order valence-electron chi connectivity index (χ4n) is 2.93. The molecule has 3 rings (SSSR count). The summed E-state index contributed by atoms with van der Waals surface area (Å²) in [4.78, 5) is 2.46. The van der Waals surface area contributed by atoms with Gasteiger partial charge >= 0.3 is 0 Å². The molecule has 0 spiro atoms. The Hall–Kier alpha value is -2.23. The number of hydrogen-bond donors (Lipinski definition) is 0. The first-order valence-corrected chi connectivity index (χ1v) is 8.63. The average Bonchev–Trinajstić information content (AvgIpc) is 2.68. The van der Waals surface area contributed by atoms with E-state index in [1.165, 1.54) is 16.7 Å². The summed E-state index contributed by atoms with van der Waals surface area (Å²) in [6.45, 7) is 3.06. The van der Waals surface area contributed by atoms with Gasteiger partial charge in [-0.1, -0.05) is 42.5 Å². The van der Waals surface area contributed by atoms with Gasteiger partial charge in [0.25, 0.3) is 0 Å². The lowest BCUT2D eigenvalue weighted by Crippen LogP contribution is -3.00. The molecule has 0 unspecified atom stereocenters. The van der Waals surface area contributed by atoms with Crippen molar-refractivity contribution in [3.8, 4) is 11.5 Å². The summed E-state index contributed by atoms with van der Waals surface area (Å²) in [5.41, 5.74) is 3.93. The lowest BCUT2D eigenvalue weighted by atomic mass is 10.1. The molecule has 0 saturated heterocycles. The molecule has 1 aliphatic rings. The molecule has 2 aromatic carbocycles. The summed E-state index contributed by atoms with van der Waals surface area (Å²) >= 11 is 0. The van der Waals surface area contributed by atoms with E-state index in [1.807, 2.05) is 24.3 Å². The minimum atomic E-state index is 0. The number of methoxy groups -OCH3 is 2. The van der Waals surface area contributed by atoms with Gasteiger partial charge in [0.05, 0.1) is 14.2 Å². The number of ether oxygens (including phenoxy) is 2. The van der Waals surface area contributed by atoms with Crippen LogP contribution in [0.4, 0.5) is 0 Å². The summed E-state index contributed by atoms with van der Waals surface area (Å²) in [6, 6.07) is 16.5. The van der Waals surface area contributed by atoms with Crippen molar-refractivity contribution in [2.24, 2.45) is 0 Å². The highest BCUT2D eigenvalue weighted by Crippen LogP contribution is 2.18. The van der Waals surface area contributed by atoms with Gasteiger partial charge in [-0.05, 0) is 47.4 Å². The monoisotopic (exact) mass is 370 g/mol. The summed E-state index contributed by atoms with van der Waals surface area (Å²) in [6.07, 6.45) is 7.81. The van der Waals surface area contributed by atoms with Crippen LogP contribution >= 0.6 is 0 Å². The quantitative estimate of drug-likeness (QED) is 0.770. The van der Waals surface area contributed by atoms with E-state index in [4.69, 9.17) is 9.47 Å². The van der Waals surface area contributed by atoms with E-state index in [0.29, 0.717) is 0 Å². The molecule has 2 aromatic rings. The fraction of sp³-hybridized carbons (Fsp3) is 0.273. The molecule has 0 aliphatic carbocycles. The lowest BCUT2D eigenvalue weighted by molar-refractivity contribution is -0.00000564. The highest BCUT2D eigenvalue weighted by Gasteiger charge is 2.10. The van der Waals surface area contributed by atoms with Crippen molar-refractivity contribution in [3.05, 3.63) is 77.4 Å². The summed E-state index contributed by atoms with van der Waals surface area (Å²) < 4.78 is 10.4. The highest BCUT2D eigenvalue weighted by atomic mass is 35.5. The second-order valence-corrected chi connectivity index (χ2v) is 6.22. The minimum Gasteiger partial charge on any atom is -1.00 e. The van der Waals surface area contributed by atoms with Crippen molar-refractivity contribution in [1.82, 2.24) is 4.90 Å². The van der Waals surface area contributed by atoms with Crippen LogP contribution in [-0.2, 0) is 6.54 Å². The number of allylic oxidation sites excluding steroid dienone is 1. The number of rotatable bonds is 6. The molecular formula is C22H25ClNO2-. The number of hydrogen-bond acceptors (Lipinski definition) is 3. The molecule has 0 atom stereocenters. The van der Waals surface area contributed by atoms with Crippen LogP contribution in [0.25, 0.3) is 6.08 Å². The first-order chi connectivity index (χ1) is 12.3. The molecule has 0 saturated carbocycles. The zero-order valence-corrected chi connectivity index (χ0v) is 16.1. The van der Waals surface area contributed by atoms with Gasteiger partial charge in [0.1, 0.15) is 11.5 Å². The number of nitrogens with zero attached hydrogens (tertiary/aromatic N) is 1. The third-order valence-corrected chi connectivity index (χ3v) is 4.50. The molecule has 1 aliphatic heterocycles. The van der Waals surface area contributed by atoms with Gasteiger partial charge in [0.2, 0.25) is 0 Å². The van der Waals surface area contributed by atoms with E-state index in [9.17, 15) is 0 Å². The first kappa shape index (κ1) is 20.1. The van der Waals surface area contributed by atoms with Crippen molar-refractivity contribution >= 4 is 6.08 Å². The van der Waals surface area contributed by atoms with Crippen LogP contribution in [0.15, 0.2) is 66.3 Å². The molecule has 0 amide bonds. The Morgan fingerprint density at radius 2 is 1.50 bits per heavy atom. The van der Waals surface area contributed by atoms with Gasteiger partial charge in [0.15, 0.2) is 0 Å². The molecule has 26 heavy (non-hydrogen) atoms. The second-order valence-electron chi connectivity index (χ2n) is 6.22. The van der Waals surface area contributed by atoms with Gasteiger partial charge in [-0.15, -0.1) is 0 Å². The Kier molecular flexibility index (Phi) is 7.76. The SMILES string of the molecule is COc1ccc(C=CC2=CCN(Cc3ccc(OC)cc3)CC2)cc1.[Cl-]. The van der Waals surface area contributed by atoms with Crippen LogP contribution in [0.1, 0.15) is 17.5 Å². The van der Waals surface area contributed by atoms with Crippen LogP contribution in [0, 0.1) is 0 Å². The van der Waals surface area contributed by atoms with Crippen LogP contribution in [0.5, 0.6) is 11.5 Å². The summed E-state index contributed by atoms with van der Waals surface area (Å²) in [7, 11) is 3.39. The molecule has 0 N–H and O–H groups in total. The minimum absolute atomic E-state index is 0. The van der Waals surface area contributed by atoms with E-state index in [0.717, 1.165) is 37.6 Å². The average molecular weight is 371 g/mol. The standard InChI is InChI=1S/C22H25NO2.ClH/c1-24-21-9-5-18(6-10-21)3-4-19-13-15-23(16-14-19)17-20-7-11-22(25-2)12-8-20;/h3-13H,14-17H2,1-2H3;1H/p-1. The summed E-state index contributed by atoms with van der Waals surface area (Å²) in [5.74, 6) is 1.80. The molecule has 0 fully saturated rings. The molecule has 0 bridgehead atoms. The van der Waals surface area contributed by atoms with Gasteiger partial charge in [-0.3, -0.25) is 4.90 Å². The normalized spacial score (nSPS) is 14.6. The van der Waals surface area contributed by atoms with E-state index < -0.39 is 0 Å². The maximum Gasteiger partial charge on any atom is 0.118 e. The van der Waals surface area contributed by atoms with Crippen LogP contribution in [-0.4, -0.2) is 32.2 Å². The van der Waals surface area contributed by atoms with Crippen molar-refractivity contribution < 1.29 is 21.9 Å². The molecule has 4 heteroatoms. The topological polar surface area (TPSA) is 21.7 Å². The van der Waals surface area contributed by atoms with Gasteiger partial charge in [-0.25, -0.2) is 0 Å². The number of halogens is 1. The summed E-state index contributed by atoms with van der Waals surface area (Å²) in [5, 5.41) is 0. The predicted molar refractivity (Wildman–Crippen MR) is 103 cm³/mol. The maximum atomic E-state index is 5.21. The Labute approximate surface area is 162 Å². The lowest BCUT2D eigenvalue weighted by Gasteiger charge is -2.25. The van der Waals surface area contributed by atoms with Gasteiger partial charge in [0, 0.05) is 19.6 Å². The molecule has 138 valence electrons. The van der Waals surface area contributed by atoms with Gasteiger partial charge < -0.3 is 21.9 Å². The van der Waals surface area contributed by atoms with Crippen molar-refractivity contribution in [2.75, 3.05) is 27.3 Å². The Balaban J connectivity index is 0.00000243. The van der Waals surface area contributed by atoms with Crippen LogP contribution in [0.2, 0.25) is 0 Å². The Morgan fingerprint density at radius 1 is 0.885 bits per heavy atom. The van der Waals surface area contributed by atoms with Crippen molar-refractivity contribution in [3.63, 3.8) is 0 Å². The molecule has 0 radical (unpaired) electrons. The molecular weight excluding hydrogens is 346 g/mol. The molecule has 1 heterocycles. The smallest absolute Gasteiger partial charge is 0.118 e. The molecule has 0 aromatic heterocycles. The molecule has 3 nitrogen and oxygen atoms in total. The fourth-order valence-corrected chi connectivity index (χ4v) is 2.93. The first-order valence-electron chi connectivity index (χ1n) is 8.63. The maximum absolute atomic E-state index is 5.21. The van der Waals surface area contributed by atoms with E-state index >= 15 is 0 Å². The largest absolute Gasteiger partial charge is 1.00 e. The zero-order valence-electron chi connectivity index (χ0n) is 15.3. The predicted octanol–water partition coefficient (Wildman–Crippen LogP) is 1.55. The van der Waals surface area contributed by atoms with E-state index in [2.05, 4.69) is 47.4 Å². The zero-order chi connectivity index (χ0) is 17.5. The number of benzene rings is 2. The third-order valence-electron chi connectivity index (χ3n) is 4.50. The van der Waals surface area contributed by atoms with E-state index in [1.54, 1.807) is 14.2 Å². The Bertz CT molecular complexity index is 736. The Morgan fingerprint density at radius 3 is 2.04 bits per heavy atom.